The lowest BCUT2D eigenvalue weighted by molar-refractivity contribution is -0.223. The van der Waals surface area contributed by atoms with Crippen molar-refractivity contribution in [1.82, 2.24) is 10.6 Å². The molecule has 1 heterocycles. The Morgan fingerprint density at radius 1 is 0.875 bits per heavy atom. The first kappa shape index (κ1) is 34.3. The highest BCUT2D eigenvalue weighted by atomic mass is 16.6. The normalized spacial score (nSPS) is 23.4. The molecule has 0 spiro atoms. The molecule has 2 amide bonds. The molecular weight excluding hydrogens is 532 g/mol. The van der Waals surface area contributed by atoms with Gasteiger partial charge in [-0.05, 0) is 33.6 Å². The number of nitrogens with one attached hydrogen (secondary N) is 2. The van der Waals surface area contributed by atoms with Crippen LogP contribution in [0.2, 0.25) is 0 Å². The second-order valence-corrected chi connectivity index (χ2v) is 10.1. The smallest absolute Gasteiger partial charge is 0.408 e. The van der Waals surface area contributed by atoms with Crippen LogP contribution >= 0.6 is 0 Å². The molecule has 0 aliphatic carbocycles. The third-order valence-corrected chi connectivity index (χ3v) is 5.30. The van der Waals surface area contributed by atoms with Crippen molar-refractivity contribution in [3.05, 3.63) is 12.2 Å². The molecule has 0 bridgehead atoms. The minimum atomic E-state index is -1.19. The molecular formula is C26H40N2O12. The maximum absolute atomic E-state index is 12.2. The molecule has 1 aliphatic heterocycles. The molecule has 0 aromatic carbocycles. The lowest BCUT2D eigenvalue weighted by Crippen LogP contribution is -2.66. The molecule has 226 valence electrons. The van der Waals surface area contributed by atoms with E-state index in [4.69, 9.17) is 28.4 Å². The van der Waals surface area contributed by atoms with Crippen molar-refractivity contribution in [2.24, 2.45) is 0 Å². The molecule has 0 aromatic heterocycles. The van der Waals surface area contributed by atoms with E-state index in [1.54, 1.807) is 32.9 Å². The van der Waals surface area contributed by atoms with E-state index in [0.717, 1.165) is 13.8 Å². The van der Waals surface area contributed by atoms with Crippen LogP contribution in [0.1, 0.15) is 61.3 Å². The lowest BCUT2D eigenvalue weighted by Gasteiger charge is -2.45. The maximum Gasteiger partial charge on any atom is 0.408 e. The fourth-order valence-electron chi connectivity index (χ4n) is 3.90. The van der Waals surface area contributed by atoms with Gasteiger partial charge >= 0.3 is 30.0 Å². The van der Waals surface area contributed by atoms with Gasteiger partial charge in [-0.25, -0.2) is 9.59 Å². The summed E-state index contributed by atoms with van der Waals surface area (Å²) in [4.78, 5) is 71.6. The van der Waals surface area contributed by atoms with Crippen LogP contribution in [0.4, 0.5) is 4.79 Å². The fraction of sp³-hybridized carbons (Fsp3) is 0.692. The summed E-state index contributed by atoms with van der Waals surface area (Å²) in [6.07, 6.45) is -1.67. The Balaban J connectivity index is 3.20. The Bertz CT molecular complexity index is 958. The summed E-state index contributed by atoms with van der Waals surface area (Å²) in [5.74, 6) is -3.17. The summed E-state index contributed by atoms with van der Waals surface area (Å²) in [5.41, 5.74) is -0.775. The number of ether oxygens (including phenoxy) is 6. The number of alkyl carbamates (subject to hydrolysis) is 1. The van der Waals surface area contributed by atoms with Gasteiger partial charge in [0.2, 0.25) is 5.91 Å². The Morgan fingerprint density at radius 3 is 1.98 bits per heavy atom. The number of carbonyl (C=O) groups is 6. The van der Waals surface area contributed by atoms with Crippen LogP contribution in [0.5, 0.6) is 0 Å². The quantitative estimate of drug-likeness (QED) is 0.205. The largest absolute Gasteiger partial charge is 0.467 e. The lowest BCUT2D eigenvalue weighted by atomic mass is 9.90. The molecule has 0 aromatic rings. The van der Waals surface area contributed by atoms with Gasteiger partial charge in [-0.15, -0.1) is 0 Å². The van der Waals surface area contributed by atoms with E-state index in [2.05, 4.69) is 10.6 Å². The molecule has 14 nitrogen and oxygen atoms in total. The highest BCUT2D eigenvalue weighted by Crippen LogP contribution is 2.29. The predicted octanol–water partition coefficient (Wildman–Crippen LogP) is 1.09. The van der Waals surface area contributed by atoms with Crippen molar-refractivity contribution in [1.29, 1.82) is 0 Å². The third-order valence-electron chi connectivity index (χ3n) is 5.30. The van der Waals surface area contributed by atoms with Gasteiger partial charge in [-0.2, -0.15) is 0 Å². The summed E-state index contributed by atoms with van der Waals surface area (Å²) >= 11 is 0. The number of methoxy groups -OCH3 is 1. The molecule has 40 heavy (non-hydrogen) atoms. The number of esters is 4. The zero-order chi connectivity index (χ0) is 30.6. The van der Waals surface area contributed by atoms with Crippen molar-refractivity contribution < 1.29 is 57.2 Å². The first-order valence-corrected chi connectivity index (χ1v) is 12.7. The van der Waals surface area contributed by atoms with Crippen LogP contribution in [0.25, 0.3) is 0 Å². The van der Waals surface area contributed by atoms with E-state index in [9.17, 15) is 28.8 Å². The minimum Gasteiger partial charge on any atom is -0.467 e. The molecule has 1 aliphatic rings. The highest BCUT2D eigenvalue weighted by molar-refractivity contribution is 5.81. The molecule has 1 fully saturated rings. The first-order valence-electron chi connectivity index (χ1n) is 12.7. The second-order valence-electron chi connectivity index (χ2n) is 10.1. The Hall–Kier alpha value is -3.68. The van der Waals surface area contributed by atoms with Crippen molar-refractivity contribution in [2.75, 3.05) is 13.7 Å². The summed E-state index contributed by atoms with van der Waals surface area (Å²) in [6.45, 7) is 9.48. The molecule has 0 radical (unpaired) electrons. The van der Waals surface area contributed by atoms with Crippen molar-refractivity contribution >= 4 is 35.9 Å². The summed E-state index contributed by atoms with van der Waals surface area (Å²) in [7, 11) is 1.18. The maximum atomic E-state index is 12.2. The monoisotopic (exact) mass is 572 g/mol. The van der Waals surface area contributed by atoms with Crippen LogP contribution < -0.4 is 10.6 Å². The predicted molar refractivity (Wildman–Crippen MR) is 138 cm³/mol. The van der Waals surface area contributed by atoms with E-state index in [-0.39, 0.29) is 19.4 Å². The van der Waals surface area contributed by atoms with Gasteiger partial charge in [0.15, 0.2) is 12.2 Å². The van der Waals surface area contributed by atoms with E-state index in [0.29, 0.717) is 0 Å². The fourth-order valence-corrected chi connectivity index (χ4v) is 3.90. The molecule has 2 N–H and O–H groups in total. The van der Waals surface area contributed by atoms with Crippen molar-refractivity contribution in [3.8, 4) is 0 Å². The zero-order valence-electron chi connectivity index (χ0n) is 24.1. The average Bonchev–Trinajstić information content (AvgIpc) is 2.80. The Morgan fingerprint density at radius 2 is 1.48 bits per heavy atom. The summed E-state index contributed by atoms with van der Waals surface area (Å²) in [5, 5.41) is 5.13. The first-order chi connectivity index (χ1) is 18.5. The Labute approximate surface area is 233 Å². The standard InChI is InChI=1S/C26H40N2O12/c1-14(29)27-21-19(12-10-9-11-18(24(33)35-8)28-25(34)40-26(5,6)7)39-20(13-36-15(2)30)22(37-16(3)31)23(21)38-17(4)32/h9-10,18-23H,11-13H2,1-8H3,(H,27,29)(H,28,34)/b10-9+/t18-,19+,20+,21-,22+,23+/m0/s1. The van der Waals surface area contributed by atoms with Crippen molar-refractivity contribution in [3.63, 3.8) is 0 Å². The van der Waals surface area contributed by atoms with Gasteiger partial charge in [0.25, 0.3) is 0 Å². The molecule has 1 saturated heterocycles. The molecule has 0 saturated carbocycles. The van der Waals surface area contributed by atoms with Gasteiger partial charge in [0.1, 0.15) is 24.4 Å². The average molecular weight is 573 g/mol. The van der Waals surface area contributed by atoms with Crippen LogP contribution in [0.3, 0.4) is 0 Å². The molecule has 6 atom stereocenters. The topological polar surface area (TPSA) is 182 Å². The van der Waals surface area contributed by atoms with Gasteiger partial charge in [-0.1, -0.05) is 12.2 Å². The van der Waals surface area contributed by atoms with Crippen LogP contribution in [-0.4, -0.2) is 91.7 Å². The highest BCUT2D eigenvalue weighted by Gasteiger charge is 2.50. The van der Waals surface area contributed by atoms with Gasteiger partial charge in [0, 0.05) is 27.7 Å². The Kier molecular flexibility index (Phi) is 13.6. The van der Waals surface area contributed by atoms with Crippen LogP contribution in [-0.2, 0) is 52.4 Å². The molecule has 14 heteroatoms. The minimum absolute atomic E-state index is 0.0315. The zero-order valence-corrected chi connectivity index (χ0v) is 24.1. The second kappa shape index (κ2) is 15.8. The number of hydrogen-bond donors (Lipinski definition) is 2. The number of rotatable bonds is 11. The summed E-state index contributed by atoms with van der Waals surface area (Å²) in [6, 6.07) is -2.01. The van der Waals surface area contributed by atoms with Crippen molar-refractivity contribution in [2.45, 2.75) is 103 Å². The molecule has 0 unspecified atom stereocenters. The number of amides is 2. The summed E-state index contributed by atoms with van der Waals surface area (Å²) < 4.78 is 31.9. The van der Waals surface area contributed by atoms with Crippen LogP contribution in [0, 0.1) is 0 Å². The van der Waals surface area contributed by atoms with E-state index in [1.807, 2.05) is 0 Å². The van der Waals surface area contributed by atoms with E-state index < -0.39 is 78.0 Å². The van der Waals surface area contributed by atoms with Gasteiger partial charge < -0.3 is 39.1 Å². The van der Waals surface area contributed by atoms with Gasteiger partial charge in [0.05, 0.1) is 19.3 Å². The van der Waals surface area contributed by atoms with E-state index >= 15 is 0 Å². The van der Waals surface area contributed by atoms with Gasteiger partial charge in [-0.3, -0.25) is 19.2 Å². The molecule has 1 rings (SSSR count). The van der Waals surface area contributed by atoms with E-state index in [1.165, 1.54) is 21.0 Å². The number of carbonyl (C=O) groups excluding carboxylic acids is 6. The number of hydrogen-bond acceptors (Lipinski definition) is 12. The van der Waals surface area contributed by atoms with Crippen LogP contribution in [0.15, 0.2) is 12.2 Å². The third kappa shape index (κ3) is 12.5. The SMILES string of the molecule is COC(=O)[C@H](C/C=C/C[C@H]1O[C@H](COC(C)=O)[C@@H](OC(C)=O)[C@H](OC(C)=O)[C@H]1NC(C)=O)NC(=O)OC(C)(C)C.